The maximum atomic E-state index is 8.60. The highest BCUT2D eigenvalue weighted by molar-refractivity contribution is 4.80. The third-order valence-electron chi connectivity index (χ3n) is 3.26. The molecule has 1 heteroatoms. The van der Waals surface area contributed by atoms with E-state index in [9.17, 15) is 0 Å². The minimum atomic E-state index is 0.182. The molecule has 0 fully saturated rings. The van der Waals surface area contributed by atoms with Crippen LogP contribution in [-0.2, 0) is 0 Å². The van der Waals surface area contributed by atoms with Gasteiger partial charge in [0.1, 0.15) is 0 Å². The minimum Gasteiger partial charge on any atom is -0.392 e. The summed E-state index contributed by atoms with van der Waals surface area (Å²) in [4.78, 5) is 0. The lowest BCUT2D eigenvalue weighted by Crippen LogP contribution is -2.20. The molecular weight excluding hydrogens is 220 g/mol. The Morgan fingerprint density at radius 3 is 2.00 bits per heavy atom. The number of unbranched alkanes of at least 4 members (excludes halogenated alkanes) is 4. The van der Waals surface area contributed by atoms with E-state index in [1.807, 2.05) is 6.08 Å². The first-order valence-electron chi connectivity index (χ1n) is 7.53. The van der Waals surface area contributed by atoms with Gasteiger partial charge in [0.25, 0.3) is 0 Å². The molecule has 0 aliphatic heterocycles. The van der Waals surface area contributed by atoms with Crippen LogP contribution in [0.15, 0.2) is 12.2 Å². The van der Waals surface area contributed by atoms with E-state index in [-0.39, 0.29) is 6.61 Å². The number of aliphatic hydroxyl groups is 1. The van der Waals surface area contributed by atoms with Crippen LogP contribution in [0.3, 0.4) is 0 Å². The van der Waals surface area contributed by atoms with E-state index in [1.165, 1.54) is 38.5 Å². The van der Waals surface area contributed by atoms with Gasteiger partial charge in [-0.15, -0.1) is 0 Å². The fourth-order valence-electron chi connectivity index (χ4n) is 2.94. The molecule has 108 valence electrons. The van der Waals surface area contributed by atoms with Crippen molar-refractivity contribution in [3.05, 3.63) is 12.2 Å². The van der Waals surface area contributed by atoms with Gasteiger partial charge in [-0.25, -0.2) is 0 Å². The highest BCUT2D eigenvalue weighted by Gasteiger charge is 2.24. The molecule has 0 amide bonds. The first-order valence-corrected chi connectivity index (χ1v) is 7.53. The number of rotatable bonds is 9. The summed E-state index contributed by atoms with van der Waals surface area (Å²) < 4.78 is 0. The number of hydrogen-bond acceptors (Lipinski definition) is 1. The van der Waals surface area contributed by atoms with Crippen LogP contribution < -0.4 is 0 Å². The van der Waals surface area contributed by atoms with Crippen LogP contribution in [0.2, 0.25) is 0 Å². The standard InChI is InChI=1S/C17H34O/c1-16(2,3)15-17(4,5)13-11-9-7-6-8-10-12-14-18/h10,12,18H,6-9,11,13-15H2,1-5H3. The van der Waals surface area contributed by atoms with E-state index < -0.39 is 0 Å². The molecule has 0 aliphatic rings. The molecule has 0 atom stereocenters. The summed E-state index contributed by atoms with van der Waals surface area (Å²) >= 11 is 0. The van der Waals surface area contributed by atoms with Crippen LogP contribution in [0.25, 0.3) is 0 Å². The third-order valence-corrected chi connectivity index (χ3v) is 3.26. The van der Waals surface area contributed by atoms with Crippen LogP contribution in [0.4, 0.5) is 0 Å². The molecule has 0 rings (SSSR count). The van der Waals surface area contributed by atoms with Crippen molar-refractivity contribution in [1.29, 1.82) is 0 Å². The monoisotopic (exact) mass is 254 g/mol. The second kappa shape index (κ2) is 8.74. The number of allylic oxidation sites excluding steroid dienone is 1. The molecule has 0 saturated heterocycles. The van der Waals surface area contributed by atoms with E-state index in [0.29, 0.717) is 10.8 Å². The zero-order valence-corrected chi connectivity index (χ0v) is 13.3. The molecule has 0 aromatic carbocycles. The van der Waals surface area contributed by atoms with Crippen LogP contribution in [-0.4, -0.2) is 11.7 Å². The van der Waals surface area contributed by atoms with Gasteiger partial charge in [0.15, 0.2) is 0 Å². The minimum absolute atomic E-state index is 0.182. The van der Waals surface area contributed by atoms with Crippen molar-refractivity contribution in [3.63, 3.8) is 0 Å². The lowest BCUT2D eigenvalue weighted by molar-refractivity contribution is 0.194. The maximum absolute atomic E-state index is 8.60. The lowest BCUT2D eigenvalue weighted by atomic mass is 9.73. The van der Waals surface area contributed by atoms with Crippen molar-refractivity contribution in [2.24, 2.45) is 10.8 Å². The molecule has 0 aromatic rings. The highest BCUT2D eigenvalue weighted by atomic mass is 16.2. The highest BCUT2D eigenvalue weighted by Crippen LogP contribution is 2.36. The smallest absolute Gasteiger partial charge is 0.0612 e. The predicted octanol–water partition coefficient (Wildman–Crippen LogP) is 5.34. The normalized spacial score (nSPS) is 13.4. The average Bonchev–Trinajstić information content (AvgIpc) is 2.18. The third kappa shape index (κ3) is 12.2. The Hall–Kier alpha value is -0.300. The number of hydrogen-bond donors (Lipinski definition) is 1. The van der Waals surface area contributed by atoms with E-state index in [1.54, 1.807) is 0 Å². The van der Waals surface area contributed by atoms with Gasteiger partial charge in [-0.05, 0) is 36.5 Å². The summed E-state index contributed by atoms with van der Waals surface area (Å²) in [7, 11) is 0. The van der Waals surface area contributed by atoms with Gasteiger partial charge in [0.05, 0.1) is 6.61 Å². The molecule has 1 nitrogen and oxygen atoms in total. The fourth-order valence-corrected chi connectivity index (χ4v) is 2.94. The van der Waals surface area contributed by atoms with Gasteiger partial charge >= 0.3 is 0 Å². The van der Waals surface area contributed by atoms with Crippen LogP contribution in [0, 0.1) is 10.8 Å². The number of aliphatic hydroxyl groups excluding tert-OH is 1. The Labute approximate surface area is 115 Å². The second-order valence-electron chi connectivity index (χ2n) is 7.51. The van der Waals surface area contributed by atoms with Gasteiger partial charge in [-0.3, -0.25) is 0 Å². The fraction of sp³-hybridized carbons (Fsp3) is 0.882. The van der Waals surface area contributed by atoms with Gasteiger partial charge in [-0.2, -0.15) is 0 Å². The molecule has 0 aliphatic carbocycles. The Kier molecular flexibility index (Phi) is 8.60. The van der Waals surface area contributed by atoms with E-state index in [2.05, 4.69) is 40.7 Å². The molecule has 0 unspecified atom stereocenters. The topological polar surface area (TPSA) is 20.2 Å². The van der Waals surface area contributed by atoms with Gasteiger partial charge in [-0.1, -0.05) is 66.0 Å². The Morgan fingerprint density at radius 2 is 1.44 bits per heavy atom. The largest absolute Gasteiger partial charge is 0.392 e. The average molecular weight is 254 g/mol. The Bertz CT molecular complexity index is 220. The molecule has 0 radical (unpaired) electrons. The van der Waals surface area contributed by atoms with Gasteiger partial charge in [0, 0.05) is 0 Å². The zero-order valence-electron chi connectivity index (χ0n) is 13.3. The lowest BCUT2D eigenvalue weighted by Gasteiger charge is -2.32. The van der Waals surface area contributed by atoms with Crippen LogP contribution in [0.1, 0.15) is 79.6 Å². The summed E-state index contributed by atoms with van der Waals surface area (Å²) in [6, 6.07) is 0. The summed E-state index contributed by atoms with van der Waals surface area (Å²) in [5.74, 6) is 0. The quantitative estimate of drug-likeness (QED) is 0.435. The van der Waals surface area contributed by atoms with Crippen molar-refractivity contribution in [1.82, 2.24) is 0 Å². The maximum Gasteiger partial charge on any atom is 0.0612 e. The first-order chi connectivity index (χ1) is 8.27. The molecule has 0 aromatic heterocycles. The molecule has 18 heavy (non-hydrogen) atoms. The van der Waals surface area contributed by atoms with Crippen molar-refractivity contribution in [2.45, 2.75) is 79.6 Å². The predicted molar refractivity (Wildman–Crippen MR) is 81.8 cm³/mol. The first kappa shape index (κ1) is 17.7. The molecule has 0 bridgehead atoms. The SMILES string of the molecule is CC(C)(C)CC(C)(C)CCCCCCC=CCO. The Balaban J connectivity index is 3.56. The summed E-state index contributed by atoms with van der Waals surface area (Å²) in [5.41, 5.74) is 0.924. The van der Waals surface area contributed by atoms with Crippen LogP contribution in [0.5, 0.6) is 0 Å². The van der Waals surface area contributed by atoms with Crippen molar-refractivity contribution in [3.8, 4) is 0 Å². The molecular formula is C17H34O. The molecule has 0 saturated carbocycles. The van der Waals surface area contributed by atoms with E-state index >= 15 is 0 Å². The van der Waals surface area contributed by atoms with Crippen molar-refractivity contribution < 1.29 is 5.11 Å². The molecule has 1 N–H and O–H groups in total. The second-order valence-corrected chi connectivity index (χ2v) is 7.51. The van der Waals surface area contributed by atoms with Gasteiger partial charge < -0.3 is 5.11 Å². The zero-order chi connectivity index (χ0) is 14.1. The Morgan fingerprint density at radius 1 is 0.833 bits per heavy atom. The van der Waals surface area contributed by atoms with Gasteiger partial charge in [0.2, 0.25) is 0 Å². The van der Waals surface area contributed by atoms with Crippen molar-refractivity contribution >= 4 is 0 Å². The molecule has 0 spiro atoms. The van der Waals surface area contributed by atoms with E-state index in [4.69, 9.17) is 5.11 Å². The molecule has 0 heterocycles. The van der Waals surface area contributed by atoms with Crippen molar-refractivity contribution in [2.75, 3.05) is 6.61 Å². The summed E-state index contributed by atoms with van der Waals surface area (Å²) in [5, 5.41) is 8.60. The van der Waals surface area contributed by atoms with Crippen LogP contribution >= 0.6 is 0 Å². The van der Waals surface area contributed by atoms with E-state index in [0.717, 1.165) is 6.42 Å². The summed E-state index contributed by atoms with van der Waals surface area (Å²) in [6.07, 6.45) is 13.0. The summed E-state index contributed by atoms with van der Waals surface area (Å²) in [6.45, 7) is 12.0.